The van der Waals surface area contributed by atoms with Crippen molar-refractivity contribution in [3.8, 4) is 5.75 Å². The van der Waals surface area contributed by atoms with Crippen LogP contribution in [-0.2, 0) is 0 Å². The van der Waals surface area contributed by atoms with E-state index in [9.17, 15) is 0 Å². The summed E-state index contributed by atoms with van der Waals surface area (Å²) in [7, 11) is 3.89. The molecule has 3 nitrogen and oxygen atoms in total. The second-order valence-corrected chi connectivity index (χ2v) is 4.89. The maximum absolute atomic E-state index is 6.31. The van der Waals surface area contributed by atoms with E-state index < -0.39 is 0 Å². The van der Waals surface area contributed by atoms with Crippen molar-refractivity contribution >= 4 is 0 Å². The van der Waals surface area contributed by atoms with E-state index in [0.717, 1.165) is 31.7 Å². The summed E-state index contributed by atoms with van der Waals surface area (Å²) < 4.78 is 5.45. The molecule has 1 aliphatic heterocycles. The predicted octanol–water partition coefficient (Wildman–Crippen LogP) is 1.83. The zero-order valence-electron chi connectivity index (χ0n) is 10.7. The van der Waals surface area contributed by atoms with Crippen molar-refractivity contribution in [2.24, 2.45) is 5.73 Å². The summed E-state index contributed by atoms with van der Waals surface area (Å²) in [5, 5.41) is 0. The van der Waals surface area contributed by atoms with Crippen LogP contribution in [0.2, 0.25) is 0 Å². The number of para-hydroxylation sites is 1. The molecule has 1 aliphatic rings. The Kier molecular flexibility index (Phi) is 4.02. The van der Waals surface area contributed by atoms with Crippen molar-refractivity contribution in [2.75, 3.05) is 27.2 Å². The molecule has 1 fully saturated rings. The monoisotopic (exact) mass is 234 g/mol. The number of hydrogen-bond acceptors (Lipinski definition) is 3. The van der Waals surface area contributed by atoms with E-state index in [0.29, 0.717) is 5.92 Å². The van der Waals surface area contributed by atoms with E-state index >= 15 is 0 Å². The zero-order valence-corrected chi connectivity index (χ0v) is 10.7. The lowest BCUT2D eigenvalue weighted by Gasteiger charge is -2.23. The van der Waals surface area contributed by atoms with Gasteiger partial charge in [0.1, 0.15) is 5.75 Å². The summed E-state index contributed by atoms with van der Waals surface area (Å²) in [5.41, 5.74) is 7.58. The molecule has 1 aromatic rings. The molecule has 1 aromatic carbocycles. The van der Waals surface area contributed by atoms with Gasteiger partial charge in [-0.1, -0.05) is 18.2 Å². The van der Waals surface area contributed by atoms with Gasteiger partial charge in [0.25, 0.3) is 0 Å². The Morgan fingerprint density at radius 1 is 1.24 bits per heavy atom. The van der Waals surface area contributed by atoms with Crippen LogP contribution < -0.4 is 10.5 Å². The van der Waals surface area contributed by atoms with Gasteiger partial charge in [0.05, 0.1) is 7.11 Å². The maximum Gasteiger partial charge on any atom is 0.122 e. The molecular weight excluding hydrogens is 212 g/mol. The highest BCUT2D eigenvalue weighted by molar-refractivity contribution is 5.37. The number of benzene rings is 1. The Balaban J connectivity index is 2.24. The zero-order chi connectivity index (χ0) is 12.3. The van der Waals surface area contributed by atoms with Crippen LogP contribution in [-0.4, -0.2) is 38.2 Å². The third kappa shape index (κ3) is 2.79. The van der Waals surface area contributed by atoms with Crippen LogP contribution in [0.25, 0.3) is 0 Å². The van der Waals surface area contributed by atoms with Gasteiger partial charge in [-0.2, -0.15) is 0 Å². The normalized spacial score (nSPS) is 26.5. The minimum atomic E-state index is 0.233. The van der Waals surface area contributed by atoms with Crippen molar-refractivity contribution in [2.45, 2.75) is 24.8 Å². The molecule has 94 valence electrons. The minimum absolute atomic E-state index is 0.233. The van der Waals surface area contributed by atoms with Gasteiger partial charge in [-0.25, -0.2) is 0 Å². The first-order chi connectivity index (χ1) is 8.22. The van der Waals surface area contributed by atoms with Gasteiger partial charge in [-0.05, 0) is 44.6 Å². The highest BCUT2D eigenvalue weighted by atomic mass is 16.5. The summed E-state index contributed by atoms with van der Waals surface area (Å²) in [6.45, 7) is 2.20. The topological polar surface area (TPSA) is 38.5 Å². The molecule has 0 radical (unpaired) electrons. The number of nitrogens with two attached hydrogens (primary N) is 1. The molecule has 0 saturated carbocycles. The summed E-state index contributed by atoms with van der Waals surface area (Å²) in [6.07, 6.45) is 2.16. The van der Waals surface area contributed by atoms with Crippen molar-refractivity contribution in [3.05, 3.63) is 29.8 Å². The molecule has 0 aromatic heterocycles. The van der Waals surface area contributed by atoms with E-state index in [4.69, 9.17) is 10.5 Å². The van der Waals surface area contributed by atoms with Crippen molar-refractivity contribution in [3.63, 3.8) is 0 Å². The van der Waals surface area contributed by atoms with Crippen LogP contribution in [0.5, 0.6) is 5.75 Å². The number of nitrogens with zero attached hydrogens (tertiary/aromatic N) is 1. The summed E-state index contributed by atoms with van der Waals surface area (Å²) in [6, 6.07) is 8.48. The first-order valence-corrected chi connectivity index (χ1v) is 6.29. The van der Waals surface area contributed by atoms with Gasteiger partial charge in [-0.15, -0.1) is 0 Å². The molecular formula is C14H22N2O. The molecule has 2 N–H and O–H groups in total. The molecule has 0 aliphatic carbocycles. The number of ether oxygens (including phenoxy) is 1. The average molecular weight is 234 g/mol. The van der Waals surface area contributed by atoms with Crippen LogP contribution in [0.15, 0.2) is 24.3 Å². The van der Waals surface area contributed by atoms with E-state index in [-0.39, 0.29) is 6.04 Å². The van der Waals surface area contributed by atoms with Gasteiger partial charge in [0.2, 0.25) is 0 Å². The Labute approximate surface area is 104 Å². The molecule has 0 bridgehead atoms. The second-order valence-electron chi connectivity index (χ2n) is 4.89. The van der Waals surface area contributed by atoms with Crippen molar-refractivity contribution < 1.29 is 4.74 Å². The fraction of sp³-hybridized carbons (Fsp3) is 0.571. The van der Waals surface area contributed by atoms with Crippen molar-refractivity contribution in [1.29, 1.82) is 0 Å². The second kappa shape index (κ2) is 5.52. The predicted molar refractivity (Wildman–Crippen MR) is 70.4 cm³/mol. The Hall–Kier alpha value is -1.06. The molecule has 3 heteroatoms. The fourth-order valence-electron chi connectivity index (χ4n) is 2.61. The Bertz CT molecular complexity index is 367. The number of likely N-dealkylation sites (tertiary alicyclic amines) is 1. The summed E-state index contributed by atoms with van der Waals surface area (Å²) in [4.78, 5) is 2.36. The van der Waals surface area contributed by atoms with Gasteiger partial charge < -0.3 is 15.4 Å². The molecule has 2 unspecified atom stereocenters. The van der Waals surface area contributed by atoms with Crippen LogP contribution >= 0.6 is 0 Å². The van der Waals surface area contributed by atoms with E-state index in [1.165, 1.54) is 5.56 Å². The molecule has 17 heavy (non-hydrogen) atoms. The quantitative estimate of drug-likeness (QED) is 0.848. The minimum Gasteiger partial charge on any atom is -0.496 e. The molecule has 2 rings (SSSR count). The Morgan fingerprint density at radius 3 is 2.71 bits per heavy atom. The van der Waals surface area contributed by atoms with Gasteiger partial charge in [0.15, 0.2) is 0 Å². The lowest BCUT2D eigenvalue weighted by Crippen LogP contribution is -2.28. The summed E-state index contributed by atoms with van der Waals surface area (Å²) in [5.74, 6) is 1.38. The average Bonchev–Trinajstić information content (AvgIpc) is 2.52. The van der Waals surface area contributed by atoms with Gasteiger partial charge in [0, 0.05) is 12.0 Å². The Morgan fingerprint density at radius 2 is 1.94 bits per heavy atom. The van der Waals surface area contributed by atoms with Crippen molar-refractivity contribution in [1.82, 2.24) is 4.90 Å². The molecule has 1 heterocycles. The van der Waals surface area contributed by atoms with Crippen LogP contribution in [0, 0.1) is 0 Å². The first-order valence-electron chi connectivity index (χ1n) is 6.29. The lowest BCUT2D eigenvalue weighted by atomic mass is 9.87. The third-order valence-corrected chi connectivity index (χ3v) is 3.72. The lowest BCUT2D eigenvalue weighted by molar-refractivity contribution is 0.346. The van der Waals surface area contributed by atoms with Gasteiger partial charge >= 0.3 is 0 Å². The van der Waals surface area contributed by atoms with E-state index in [1.807, 2.05) is 12.1 Å². The molecule has 0 spiro atoms. The number of methoxy groups -OCH3 is 1. The first kappa shape index (κ1) is 12.4. The smallest absolute Gasteiger partial charge is 0.122 e. The SMILES string of the molecule is COc1ccccc1C1CCN(C)CCC1N. The maximum atomic E-state index is 6.31. The third-order valence-electron chi connectivity index (χ3n) is 3.72. The number of hydrogen-bond donors (Lipinski definition) is 1. The van der Waals surface area contributed by atoms with Crippen LogP contribution in [0.1, 0.15) is 24.3 Å². The number of rotatable bonds is 2. The largest absolute Gasteiger partial charge is 0.496 e. The van der Waals surface area contributed by atoms with Crippen LogP contribution in [0.4, 0.5) is 0 Å². The van der Waals surface area contributed by atoms with E-state index in [2.05, 4.69) is 24.1 Å². The summed E-state index contributed by atoms with van der Waals surface area (Å²) >= 11 is 0. The molecule has 2 atom stereocenters. The standard InChI is InChI=1S/C14H22N2O/c1-16-9-7-11(13(15)8-10-16)12-5-3-4-6-14(12)17-2/h3-6,11,13H,7-10,15H2,1-2H3. The molecule has 0 amide bonds. The van der Waals surface area contributed by atoms with E-state index in [1.54, 1.807) is 7.11 Å². The highest BCUT2D eigenvalue weighted by Gasteiger charge is 2.25. The fourth-order valence-corrected chi connectivity index (χ4v) is 2.61. The highest BCUT2D eigenvalue weighted by Crippen LogP contribution is 2.33. The van der Waals surface area contributed by atoms with Gasteiger partial charge in [-0.3, -0.25) is 0 Å². The molecule has 1 saturated heterocycles. The van der Waals surface area contributed by atoms with Crippen LogP contribution in [0.3, 0.4) is 0 Å².